The van der Waals surface area contributed by atoms with Gasteiger partial charge in [0.2, 0.25) is 10.0 Å². The van der Waals surface area contributed by atoms with Crippen LogP contribution in [0.4, 0.5) is 13.2 Å². The van der Waals surface area contributed by atoms with E-state index in [1.165, 1.54) is 6.26 Å². The van der Waals surface area contributed by atoms with Gasteiger partial charge in [-0.2, -0.15) is 13.2 Å². The van der Waals surface area contributed by atoms with Gasteiger partial charge in [-0.3, -0.25) is 4.90 Å². The molecule has 9 heteroatoms. The summed E-state index contributed by atoms with van der Waals surface area (Å²) in [6.07, 6.45) is 0.232. The summed E-state index contributed by atoms with van der Waals surface area (Å²) in [5, 5.41) is 0. The molecule has 5 nitrogen and oxygen atoms in total. The summed E-state index contributed by atoms with van der Waals surface area (Å²) in [5.74, 6) is 0.659. The highest BCUT2D eigenvalue weighted by atomic mass is 32.2. The van der Waals surface area contributed by atoms with E-state index in [1.54, 1.807) is 12.1 Å². The van der Waals surface area contributed by atoms with Crippen LogP contribution in [-0.2, 0) is 16.2 Å². The van der Waals surface area contributed by atoms with E-state index in [4.69, 9.17) is 4.42 Å². The number of halogens is 3. The predicted molar refractivity (Wildman–Crippen MR) is 93.5 cm³/mol. The molecule has 1 aliphatic heterocycles. The third-order valence-electron chi connectivity index (χ3n) is 4.66. The summed E-state index contributed by atoms with van der Waals surface area (Å²) in [7, 11) is -3.93. The average Bonchev–Trinajstić information content (AvgIpc) is 3.16. The van der Waals surface area contributed by atoms with Gasteiger partial charge in [0.05, 0.1) is 22.8 Å². The Morgan fingerprint density at radius 2 is 1.74 bits per heavy atom. The first-order valence-corrected chi connectivity index (χ1v) is 10.2. The quantitative estimate of drug-likeness (QED) is 0.798. The molecule has 1 saturated heterocycles. The number of alkyl halides is 3. The van der Waals surface area contributed by atoms with Crippen molar-refractivity contribution in [2.45, 2.75) is 36.4 Å². The van der Waals surface area contributed by atoms with Crippen molar-refractivity contribution < 1.29 is 26.0 Å². The molecule has 0 amide bonds. The van der Waals surface area contributed by atoms with Crippen LogP contribution in [0.25, 0.3) is 0 Å². The van der Waals surface area contributed by atoms with Gasteiger partial charge in [-0.05, 0) is 62.3 Å². The first kappa shape index (κ1) is 19.9. The molecule has 0 saturated carbocycles. The van der Waals surface area contributed by atoms with Crippen molar-refractivity contribution in [2.24, 2.45) is 0 Å². The number of nitrogens with one attached hydrogen (secondary N) is 1. The molecular formula is C18H21F3N2O3S. The number of hydrogen-bond donors (Lipinski definition) is 1. The summed E-state index contributed by atoms with van der Waals surface area (Å²) >= 11 is 0. The third-order valence-corrected chi connectivity index (χ3v) is 6.10. The predicted octanol–water partition coefficient (Wildman–Crippen LogP) is 3.80. The lowest BCUT2D eigenvalue weighted by molar-refractivity contribution is -0.137. The van der Waals surface area contributed by atoms with Crippen molar-refractivity contribution in [2.75, 3.05) is 19.6 Å². The standard InChI is InChI=1S/C18H21F3N2O3S/c19-18(20,21)14-6-8-15(9-7-14)27(24,25)22-13-16(17-5-4-12-26-17)23-10-2-1-3-11-23/h4-9,12,16,22H,1-3,10-11,13H2. The topological polar surface area (TPSA) is 62.6 Å². The van der Waals surface area contributed by atoms with Gasteiger partial charge in [0.1, 0.15) is 5.76 Å². The van der Waals surface area contributed by atoms with Gasteiger partial charge in [0.15, 0.2) is 0 Å². The highest BCUT2D eigenvalue weighted by Gasteiger charge is 2.31. The van der Waals surface area contributed by atoms with E-state index in [1.807, 2.05) is 0 Å². The molecule has 1 aliphatic rings. The highest BCUT2D eigenvalue weighted by molar-refractivity contribution is 7.89. The van der Waals surface area contributed by atoms with Crippen LogP contribution >= 0.6 is 0 Å². The first-order valence-electron chi connectivity index (χ1n) is 8.72. The van der Waals surface area contributed by atoms with E-state index in [0.717, 1.165) is 56.6 Å². The Morgan fingerprint density at radius 1 is 1.07 bits per heavy atom. The van der Waals surface area contributed by atoms with Crippen molar-refractivity contribution in [1.82, 2.24) is 9.62 Å². The van der Waals surface area contributed by atoms with Crippen molar-refractivity contribution >= 4 is 10.0 Å². The minimum Gasteiger partial charge on any atom is -0.468 e. The molecule has 1 aromatic heterocycles. The fourth-order valence-corrected chi connectivity index (χ4v) is 4.25. The molecule has 0 spiro atoms. The van der Waals surface area contributed by atoms with Crippen LogP contribution in [0.3, 0.4) is 0 Å². The van der Waals surface area contributed by atoms with Crippen LogP contribution in [-0.4, -0.2) is 33.0 Å². The zero-order chi connectivity index (χ0) is 19.5. The molecule has 1 fully saturated rings. The Hall–Kier alpha value is -1.84. The maximum absolute atomic E-state index is 12.7. The van der Waals surface area contributed by atoms with Gasteiger partial charge >= 0.3 is 6.18 Å². The first-order chi connectivity index (χ1) is 12.8. The number of piperidine rings is 1. The van der Waals surface area contributed by atoms with Crippen molar-refractivity contribution in [3.8, 4) is 0 Å². The Kier molecular flexibility index (Phi) is 5.92. The van der Waals surface area contributed by atoms with Gasteiger partial charge in [0, 0.05) is 6.54 Å². The number of sulfonamides is 1. The van der Waals surface area contributed by atoms with Gasteiger partial charge in [0.25, 0.3) is 0 Å². The van der Waals surface area contributed by atoms with E-state index in [0.29, 0.717) is 5.76 Å². The van der Waals surface area contributed by atoms with Crippen molar-refractivity contribution in [3.05, 3.63) is 54.0 Å². The minimum absolute atomic E-state index is 0.0802. The van der Waals surface area contributed by atoms with E-state index in [2.05, 4.69) is 9.62 Å². The molecule has 27 heavy (non-hydrogen) atoms. The molecule has 3 rings (SSSR count). The summed E-state index contributed by atoms with van der Waals surface area (Å²) in [4.78, 5) is 1.96. The third kappa shape index (κ3) is 4.91. The van der Waals surface area contributed by atoms with Crippen molar-refractivity contribution in [1.29, 1.82) is 0 Å². The molecule has 1 atom stereocenters. The van der Waals surface area contributed by atoms with E-state index in [-0.39, 0.29) is 17.5 Å². The normalized spacial score (nSPS) is 17.7. The molecule has 148 valence electrons. The van der Waals surface area contributed by atoms with Crippen LogP contribution in [0, 0.1) is 0 Å². The lowest BCUT2D eigenvalue weighted by atomic mass is 10.1. The smallest absolute Gasteiger partial charge is 0.416 e. The van der Waals surface area contributed by atoms with Gasteiger partial charge in [-0.25, -0.2) is 13.1 Å². The summed E-state index contributed by atoms with van der Waals surface area (Å²) in [6, 6.07) is 6.75. The number of nitrogens with zero attached hydrogens (tertiary/aromatic N) is 1. The second-order valence-electron chi connectivity index (χ2n) is 6.50. The van der Waals surface area contributed by atoms with E-state index in [9.17, 15) is 21.6 Å². The van der Waals surface area contributed by atoms with Crippen LogP contribution in [0.15, 0.2) is 52.0 Å². The Bertz CT molecular complexity index is 828. The Morgan fingerprint density at radius 3 is 2.30 bits per heavy atom. The highest BCUT2D eigenvalue weighted by Crippen LogP contribution is 2.30. The minimum atomic E-state index is -4.51. The lowest BCUT2D eigenvalue weighted by Crippen LogP contribution is -2.40. The summed E-state index contributed by atoms with van der Waals surface area (Å²) in [6.45, 7) is 1.76. The Balaban J connectivity index is 1.73. The Labute approximate surface area is 156 Å². The van der Waals surface area contributed by atoms with E-state index >= 15 is 0 Å². The maximum atomic E-state index is 12.7. The summed E-state index contributed by atoms with van der Waals surface area (Å²) < 4.78 is 71.0. The fourth-order valence-electron chi connectivity index (χ4n) is 3.22. The number of rotatable bonds is 6. The maximum Gasteiger partial charge on any atom is 0.416 e. The van der Waals surface area contributed by atoms with Gasteiger partial charge in [-0.15, -0.1) is 0 Å². The number of hydrogen-bond acceptors (Lipinski definition) is 4. The zero-order valence-corrected chi connectivity index (χ0v) is 15.4. The SMILES string of the molecule is O=S(=O)(NCC(c1ccco1)N1CCCCC1)c1ccc(C(F)(F)F)cc1. The van der Waals surface area contributed by atoms with E-state index < -0.39 is 21.8 Å². The van der Waals surface area contributed by atoms with Gasteiger partial charge < -0.3 is 4.42 Å². The largest absolute Gasteiger partial charge is 0.468 e. The number of furan rings is 1. The second-order valence-corrected chi connectivity index (χ2v) is 8.27. The molecule has 0 aliphatic carbocycles. The molecule has 0 bridgehead atoms. The molecule has 2 heterocycles. The van der Waals surface area contributed by atoms with Gasteiger partial charge in [-0.1, -0.05) is 6.42 Å². The second kappa shape index (κ2) is 8.04. The zero-order valence-electron chi connectivity index (χ0n) is 14.6. The molecule has 2 aromatic rings. The van der Waals surface area contributed by atoms with Crippen LogP contribution in [0.5, 0.6) is 0 Å². The average molecular weight is 402 g/mol. The molecule has 1 unspecified atom stereocenters. The lowest BCUT2D eigenvalue weighted by Gasteiger charge is -2.33. The molecular weight excluding hydrogens is 381 g/mol. The molecule has 0 radical (unpaired) electrons. The number of benzene rings is 1. The molecule has 1 N–H and O–H groups in total. The monoisotopic (exact) mass is 402 g/mol. The van der Waals surface area contributed by atoms with Crippen LogP contribution < -0.4 is 4.72 Å². The summed E-state index contributed by atoms with van der Waals surface area (Å²) in [5.41, 5.74) is -0.886. The van der Waals surface area contributed by atoms with Crippen molar-refractivity contribution in [3.63, 3.8) is 0 Å². The fraction of sp³-hybridized carbons (Fsp3) is 0.444. The van der Waals surface area contributed by atoms with Crippen LogP contribution in [0.2, 0.25) is 0 Å². The van der Waals surface area contributed by atoms with Crippen LogP contribution in [0.1, 0.15) is 36.6 Å². The molecule has 1 aromatic carbocycles. The number of likely N-dealkylation sites (tertiary alicyclic amines) is 1.